The molecule has 1 nitrogen and oxygen atoms in total. The first-order chi connectivity index (χ1) is 8.65. The highest BCUT2D eigenvalue weighted by molar-refractivity contribution is 7.16. The first-order valence-electron chi connectivity index (χ1n) is 5.88. The van der Waals surface area contributed by atoms with Crippen molar-refractivity contribution in [1.82, 2.24) is 5.32 Å². The van der Waals surface area contributed by atoms with Gasteiger partial charge in [-0.15, -0.1) is 11.3 Å². The summed E-state index contributed by atoms with van der Waals surface area (Å²) in [5, 5.41) is 4.27. The minimum absolute atomic E-state index is 0.331. The maximum atomic E-state index is 5.90. The Kier molecular flexibility index (Phi) is 5.07. The molecule has 0 saturated heterocycles. The van der Waals surface area contributed by atoms with Crippen LogP contribution in [0.5, 0.6) is 0 Å². The summed E-state index contributed by atoms with van der Waals surface area (Å²) in [7, 11) is 0. The van der Waals surface area contributed by atoms with Crippen molar-refractivity contribution in [3.63, 3.8) is 0 Å². The van der Waals surface area contributed by atoms with Gasteiger partial charge in [0.1, 0.15) is 0 Å². The number of hydrogen-bond donors (Lipinski definition) is 1. The number of nitrogens with one attached hydrogen (secondary N) is 1. The van der Waals surface area contributed by atoms with Crippen LogP contribution in [0.3, 0.4) is 0 Å². The largest absolute Gasteiger partial charge is 0.310 e. The zero-order valence-electron chi connectivity index (χ0n) is 10.1. The fraction of sp³-hybridized carbons (Fsp3) is 0.286. The zero-order valence-corrected chi connectivity index (χ0v) is 12.4. The molecule has 0 bridgehead atoms. The topological polar surface area (TPSA) is 12.0 Å². The Balaban J connectivity index is 1.81. The van der Waals surface area contributed by atoms with Gasteiger partial charge in [0, 0.05) is 22.5 Å². The molecule has 1 unspecified atom stereocenters. The predicted molar refractivity (Wildman–Crippen MR) is 80.9 cm³/mol. The van der Waals surface area contributed by atoms with E-state index >= 15 is 0 Å². The summed E-state index contributed by atoms with van der Waals surface area (Å²) in [4.78, 5) is 1.32. The molecule has 1 heterocycles. The summed E-state index contributed by atoms with van der Waals surface area (Å²) in [6.45, 7) is 3.10. The van der Waals surface area contributed by atoms with Crippen LogP contribution in [0.15, 0.2) is 36.4 Å². The van der Waals surface area contributed by atoms with Gasteiger partial charge in [-0.2, -0.15) is 0 Å². The third-order valence-electron chi connectivity index (χ3n) is 2.82. The molecule has 1 atom stereocenters. The highest BCUT2D eigenvalue weighted by atomic mass is 35.5. The van der Waals surface area contributed by atoms with Gasteiger partial charge in [0.15, 0.2) is 0 Å². The van der Waals surface area contributed by atoms with Crippen molar-refractivity contribution in [2.24, 2.45) is 0 Å². The van der Waals surface area contributed by atoms with Crippen LogP contribution in [0.4, 0.5) is 0 Å². The maximum absolute atomic E-state index is 5.90. The van der Waals surface area contributed by atoms with E-state index < -0.39 is 0 Å². The molecule has 0 saturated carbocycles. The molecular formula is C14H15Cl2NS. The van der Waals surface area contributed by atoms with Gasteiger partial charge in [0.25, 0.3) is 0 Å². The maximum Gasteiger partial charge on any atom is 0.0931 e. The Morgan fingerprint density at radius 2 is 1.83 bits per heavy atom. The molecule has 0 aliphatic heterocycles. The average molecular weight is 300 g/mol. The Hall–Kier alpha value is -0.540. The van der Waals surface area contributed by atoms with Gasteiger partial charge in [-0.3, -0.25) is 0 Å². The monoisotopic (exact) mass is 299 g/mol. The van der Waals surface area contributed by atoms with E-state index in [4.69, 9.17) is 23.2 Å². The van der Waals surface area contributed by atoms with Gasteiger partial charge in [-0.25, -0.2) is 0 Å². The molecule has 1 N–H and O–H groups in total. The van der Waals surface area contributed by atoms with E-state index in [0.717, 1.165) is 22.3 Å². The van der Waals surface area contributed by atoms with Crippen molar-refractivity contribution >= 4 is 34.5 Å². The SMILES string of the molecule is CC(NCCc1ccc(Cl)s1)c1ccc(Cl)cc1. The molecule has 18 heavy (non-hydrogen) atoms. The lowest BCUT2D eigenvalue weighted by atomic mass is 10.1. The second-order valence-corrected chi connectivity index (χ2v) is 6.42. The van der Waals surface area contributed by atoms with Crippen LogP contribution in [0, 0.1) is 0 Å². The summed E-state index contributed by atoms with van der Waals surface area (Å²) < 4.78 is 0.857. The van der Waals surface area contributed by atoms with Crippen molar-refractivity contribution in [3.8, 4) is 0 Å². The fourth-order valence-corrected chi connectivity index (χ4v) is 2.98. The third kappa shape index (κ3) is 3.99. The molecule has 0 spiro atoms. The van der Waals surface area contributed by atoms with Gasteiger partial charge in [-0.1, -0.05) is 35.3 Å². The summed E-state index contributed by atoms with van der Waals surface area (Å²) in [6.07, 6.45) is 1.01. The summed E-state index contributed by atoms with van der Waals surface area (Å²) in [5.41, 5.74) is 1.25. The van der Waals surface area contributed by atoms with E-state index in [2.05, 4.69) is 30.4 Å². The van der Waals surface area contributed by atoms with Gasteiger partial charge in [0.2, 0.25) is 0 Å². The molecule has 0 aliphatic rings. The zero-order chi connectivity index (χ0) is 13.0. The number of thiophene rings is 1. The Morgan fingerprint density at radius 3 is 2.44 bits per heavy atom. The molecular weight excluding hydrogens is 285 g/mol. The lowest BCUT2D eigenvalue weighted by molar-refractivity contribution is 0.578. The van der Waals surface area contributed by atoms with Crippen molar-refractivity contribution in [3.05, 3.63) is 56.2 Å². The van der Waals surface area contributed by atoms with Crippen LogP contribution in [0.25, 0.3) is 0 Å². The predicted octanol–water partition coefficient (Wildman–Crippen LogP) is 4.95. The van der Waals surface area contributed by atoms with E-state index in [0.29, 0.717) is 6.04 Å². The molecule has 0 radical (unpaired) electrons. The van der Waals surface area contributed by atoms with Crippen LogP contribution in [-0.4, -0.2) is 6.54 Å². The quantitative estimate of drug-likeness (QED) is 0.824. The lowest BCUT2D eigenvalue weighted by Gasteiger charge is -2.13. The smallest absolute Gasteiger partial charge is 0.0931 e. The van der Waals surface area contributed by atoms with E-state index in [1.165, 1.54) is 10.4 Å². The molecule has 1 aromatic heterocycles. The van der Waals surface area contributed by atoms with E-state index in [1.54, 1.807) is 11.3 Å². The third-order valence-corrected chi connectivity index (χ3v) is 4.36. The second kappa shape index (κ2) is 6.58. The van der Waals surface area contributed by atoms with E-state index in [9.17, 15) is 0 Å². The molecule has 2 rings (SSSR count). The molecule has 1 aromatic carbocycles. The highest BCUT2D eigenvalue weighted by Gasteiger charge is 2.04. The van der Waals surface area contributed by atoms with Crippen molar-refractivity contribution < 1.29 is 0 Å². The molecule has 0 aliphatic carbocycles. The van der Waals surface area contributed by atoms with Crippen molar-refractivity contribution in [2.75, 3.05) is 6.54 Å². The number of hydrogen-bond acceptors (Lipinski definition) is 2. The molecule has 0 fully saturated rings. The lowest BCUT2D eigenvalue weighted by Crippen LogP contribution is -2.21. The number of rotatable bonds is 5. The standard InChI is InChI=1S/C14H15Cl2NS/c1-10(11-2-4-12(15)5-3-11)17-9-8-13-6-7-14(16)18-13/h2-7,10,17H,8-9H2,1H3. The minimum Gasteiger partial charge on any atom is -0.310 e. The number of halogens is 2. The van der Waals surface area contributed by atoms with Gasteiger partial charge in [0.05, 0.1) is 4.34 Å². The second-order valence-electron chi connectivity index (χ2n) is 4.18. The fourth-order valence-electron chi connectivity index (χ4n) is 1.77. The van der Waals surface area contributed by atoms with Crippen molar-refractivity contribution in [1.29, 1.82) is 0 Å². The van der Waals surface area contributed by atoms with Crippen LogP contribution < -0.4 is 5.32 Å². The van der Waals surface area contributed by atoms with E-state index in [1.807, 2.05) is 18.2 Å². The van der Waals surface area contributed by atoms with E-state index in [-0.39, 0.29) is 0 Å². The van der Waals surface area contributed by atoms with Gasteiger partial charge in [-0.05, 0) is 43.2 Å². The summed E-state index contributed by atoms with van der Waals surface area (Å²) in [5.74, 6) is 0. The molecule has 2 aromatic rings. The van der Waals surface area contributed by atoms with Crippen LogP contribution in [0.2, 0.25) is 9.36 Å². The van der Waals surface area contributed by atoms with Crippen LogP contribution in [-0.2, 0) is 6.42 Å². The molecule has 0 amide bonds. The first-order valence-corrected chi connectivity index (χ1v) is 7.45. The minimum atomic E-state index is 0.331. The van der Waals surface area contributed by atoms with Gasteiger partial charge >= 0.3 is 0 Å². The van der Waals surface area contributed by atoms with Crippen LogP contribution in [0.1, 0.15) is 23.4 Å². The first kappa shape index (κ1) is 13.9. The Bertz CT molecular complexity index is 493. The normalized spacial score (nSPS) is 12.6. The van der Waals surface area contributed by atoms with Crippen LogP contribution >= 0.6 is 34.5 Å². The summed E-state index contributed by atoms with van der Waals surface area (Å²) in [6, 6.07) is 12.3. The highest BCUT2D eigenvalue weighted by Crippen LogP contribution is 2.22. The van der Waals surface area contributed by atoms with Crippen molar-refractivity contribution in [2.45, 2.75) is 19.4 Å². The Labute approximate surface area is 122 Å². The van der Waals surface area contributed by atoms with Gasteiger partial charge < -0.3 is 5.32 Å². The molecule has 96 valence electrons. The number of benzene rings is 1. The summed E-state index contributed by atoms with van der Waals surface area (Å²) >= 11 is 13.4. The Morgan fingerprint density at radius 1 is 1.11 bits per heavy atom. The average Bonchev–Trinajstić information content (AvgIpc) is 2.76. The molecule has 4 heteroatoms.